The predicted octanol–water partition coefficient (Wildman–Crippen LogP) is 0.841. The molecule has 0 bridgehead atoms. The topological polar surface area (TPSA) is 89.8 Å². The van der Waals surface area contributed by atoms with E-state index in [4.69, 9.17) is 11.6 Å². The third-order valence-corrected chi connectivity index (χ3v) is 4.30. The summed E-state index contributed by atoms with van der Waals surface area (Å²) in [7, 11) is -2.31. The summed E-state index contributed by atoms with van der Waals surface area (Å²) in [6.45, 7) is 3.53. The lowest BCUT2D eigenvalue weighted by molar-refractivity contribution is 0.588. The van der Waals surface area contributed by atoms with Gasteiger partial charge in [0.25, 0.3) is 0 Å². The molecular weight excluding hydrogens is 290 g/mol. The quantitative estimate of drug-likeness (QED) is 0.849. The van der Waals surface area contributed by atoms with Gasteiger partial charge in [-0.1, -0.05) is 11.6 Å². The number of aryl methyl sites for hydroxylation is 2. The molecule has 0 radical (unpaired) electrons. The van der Waals surface area contributed by atoms with Crippen LogP contribution in [0.25, 0.3) is 5.82 Å². The van der Waals surface area contributed by atoms with Crippen molar-refractivity contribution in [1.82, 2.24) is 24.5 Å². The van der Waals surface area contributed by atoms with Gasteiger partial charge in [0.2, 0.25) is 10.0 Å². The van der Waals surface area contributed by atoms with Crippen LogP contribution in [-0.2, 0) is 10.0 Å². The number of nitrogens with zero attached hydrogens (tertiary/aromatic N) is 4. The minimum atomic E-state index is -3.62. The van der Waals surface area contributed by atoms with E-state index < -0.39 is 10.0 Å². The molecule has 0 aliphatic rings. The summed E-state index contributed by atoms with van der Waals surface area (Å²) in [4.78, 5) is 8.11. The van der Waals surface area contributed by atoms with Crippen molar-refractivity contribution >= 4 is 21.6 Å². The Labute approximate surface area is 115 Å². The first-order chi connectivity index (χ1) is 8.85. The Hall–Kier alpha value is -1.51. The molecule has 1 N–H and O–H groups in total. The first kappa shape index (κ1) is 13.9. The zero-order chi connectivity index (χ0) is 14.2. The number of hydrogen-bond donors (Lipinski definition) is 1. The number of halogens is 1. The molecule has 0 fully saturated rings. The SMILES string of the molecule is CNS(=O)(=O)c1ccc(-n2nc(C)nc2C)nc1Cl. The lowest BCUT2D eigenvalue weighted by Crippen LogP contribution is -2.19. The zero-order valence-corrected chi connectivity index (χ0v) is 12.1. The molecule has 7 nitrogen and oxygen atoms in total. The highest BCUT2D eigenvalue weighted by atomic mass is 35.5. The monoisotopic (exact) mass is 301 g/mol. The Morgan fingerprint density at radius 2 is 1.95 bits per heavy atom. The van der Waals surface area contributed by atoms with E-state index in [1.165, 1.54) is 23.9 Å². The maximum atomic E-state index is 11.7. The van der Waals surface area contributed by atoms with Crippen molar-refractivity contribution in [3.05, 3.63) is 28.9 Å². The maximum absolute atomic E-state index is 11.7. The summed E-state index contributed by atoms with van der Waals surface area (Å²) in [5.74, 6) is 1.66. The fourth-order valence-electron chi connectivity index (χ4n) is 1.58. The molecule has 2 heterocycles. The Kier molecular flexibility index (Phi) is 3.57. The van der Waals surface area contributed by atoms with E-state index in [1.54, 1.807) is 13.8 Å². The van der Waals surface area contributed by atoms with Gasteiger partial charge in [0.05, 0.1) is 0 Å². The zero-order valence-electron chi connectivity index (χ0n) is 10.5. The molecule has 102 valence electrons. The van der Waals surface area contributed by atoms with Crippen LogP contribution in [0.15, 0.2) is 17.0 Å². The van der Waals surface area contributed by atoms with E-state index in [9.17, 15) is 8.42 Å². The fraction of sp³-hybridized carbons (Fsp3) is 0.300. The van der Waals surface area contributed by atoms with Gasteiger partial charge in [0, 0.05) is 0 Å². The van der Waals surface area contributed by atoms with E-state index in [0.29, 0.717) is 17.5 Å². The third kappa shape index (κ3) is 2.60. The lowest BCUT2D eigenvalue weighted by Gasteiger charge is -2.07. The second kappa shape index (κ2) is 4.87. The second-order valence-corrected chi connectivity index (χ2v) is 6.00. The number of aromatic nitrogens is 4. The van der Waals surface area contributed by atoms with Gasteiger partial charge in [-0.25, -0.2) is 23.1 Å². The Morgan fingerprint density at radius 1 is 1.26 bits per heavy atom. The van der Waals surface area contributed by atoms with E-state index in [-0.39, 0.29) is 10.0 Å². The molecule has 19 heavy (non-hydrogen) atoms. The number of rotatable bonds is 3. The first-order valence-electron chi connectivity index (χ1n) is 5.36. The highest BCUT2D eigenvalue weighted by Crippen LogP contribution is 2.20. The average Bonchev–Trinajstić information content (AvgIpc) is 2.68. The summed E-state index contributed by atoms with van der Waals surface area (Å²) in [5, 5.41) is 4.04. The minimum Gasteiger partial charge on any atom is -0.217 e. The normalized spacial score (nSPS) is 11.8. The molecule has 0 amide bonds. The van der Waals surface area contributed by atoms with Crippen LogP contribution in [0.4, 0.5) is 0 Å². The van der Waals surface area contributed by atoms with Crippen LogP contribution in [0.2, 0.25) is 5.15 Å². The van der Waals surface area contributed by atoms with Crippen LogP contribution in [0, 0.1) is 13.8 Å². The average molecular weight is 302 g/mol. The van der Waals surface area contributed by atoms with Crippen molar-refractivity contribution < 1.29 is 8.42 Å². The van der Waals surface area contributed by atoms with Gasteiger partial charge in [-0.2, -0.15) is 4.68 Å². The van der Waals surface area contributed by atoms with Crippen LogP contribution in [0.5, 0.6) is 0 Å². The highest BCUT2D eigenvalue weighted by molar-refractivity contribution is 7.89. The maximum Gasteiger partial charge on any atom is 0.243 e. The summed E-state index contributed by atoms with van der Waals surface area (Å²) in [5.41, 5.74) is 0. The number of pyridine rings is 1. The number of sulfonamides is 1. The number of hydrogen-bond acceptors (Lipinski definition) is 5. The molecule has 0 atom stereocenters. The minimum absolute atomic E-state index is 0.0742. The van der Waals surface area contributed by atoms with Gasteiger partial charge in [0.15, 0.2) is 11.0 Å². The summed E-state index contributed by atoms with van der Waals surface area (Å²) < 4.78 is 27.0. The largest absolute Gasteiger partial charge is 0.243 e. The smallest absolute Gasteiger partial charge is 0.217 e. The van der Waals surface area contributed by atoms with Gasteiger partial charge < -0.3 is 0 Å². The summed E-state index contributed by atoms with van der Waals surface area (Å²) >= 11 is 5.91. The Bertz CT molecular complexity index is 726. The van der Waals surface area contributed by atoms with Crippen LogP contribution in [-0.4, -0.2) is 35.2 Å². The van der Waals surface area contributed by atoms with Crippen molar-refractivity contribution in [2.45, 2.75) is 18.7 Å². The molecule has 0 saturated carbocycles. The van der Waals surface area contributed by atoms with E-state index in [0.717, 1.165) is 0 Å². The molecule has 2 aromatic heterocycles. The molecule has 2 aromatic rings. The molecule has 9 heteroatoms. The van der Waals surface area contributed by atoms with Crippen LogP contribution < -0.4 is 4.72 Å². The van der Waals surface area contributed by atoms with Gasteiger partial charge in [0.1, 0.15) is 16.5 Å². The van der Waals surface area contributed by atoms with E-state index in [2.05, 4.69) is 19.8 Å². The fourth-order valence-corrected chi connectivity index (χ4v) is 2.77. The van der Waals surface area contributed by atoms with Crippen LogP contribution >= 0.6 is 11.6 Å². The standard InChI is InChI=1S/C10H12ClN5O2S/c1-6-13-7(2)16(15-6)9-5-4-8(10(11)14-9)19(17,18)12-3/h4-5,12H,1-3H3. The third-order valence-electron chi connectivity index (χ3n) is 2.45. The molecule has 0 spiro atoms. The van der Waals surface area contributed by atoms with Crippen molar-refractivity contribution in [3.8, 4) is 5.82 Å². The lowest BCUT2D eigenvalue weighted by atomic mass is 10.4. The van der Waals surface area contributed by atoms with Gasteiger partial charge in [-0.15, -0.1) is 5.10 Å². The second-order valence-electron chi connectivity index (χ2n) is 3.78. The molecule has 0 saturated heterocycles. The molecule has 0 aliphatic heterocycles. The van der Waals surface area contributed by atoms with Gasteiger partial charge >= 0.3 is 0 Å². The molecule has 0 aromatic carbocycles. The van der Waals surface area contributed by atoms with Crippen molar-refractivity contribution in [1.29, 1.82) is 0 Å². The van der Waals surface area contributed by atoms with Crippen molar-refractivity contribution in [2.75, 3.05) is 7.05 Å². The van der Waals surface area contributed by atoms with Crippen molar-refractivity contribution in [2.24, 2.45) is 0 Å². The number of nitrogens with one attached hydrogen (secondary N) is 1. The predicted molar refractivity (Wildman–Crippen MR) is 69.9 cm³/mol. The summed E-state index contributed by atoms with van der Waals surface area (Å²) in [6, 6.07) is 2.91. The van der Waals surface area contributed by atoms with Gasteiger partial charge in [-0.3, -0.25) is 0 Å². The van der Waals surface area contributed by atoms with Crippen molar-refractivity contribution in [3.63, 3.8) is 0 Å². The Morgan fingerprint density at radius 3 is 2.42 bits per heavy atom. The van der Waals surface area contributed by atoms with Gasteiger partial charge in [-0.05, 0) is 33.0 Å². The van der Waals surface area contributed by atoms with E-state index in [1.807, 2.05) is 0 Å². The van der Waals surface area contributed by atoms with Crippen LogP contribution in [0.1, 0.15) is 11.6 Å². The molecular formula is C10H12ClN5O2S. The first-order valence-corrected chi connectivity index (χ1v) is 7.22. The summed E-state index contributed by atoms with van der Waals surface area (Å²) in [6.07, 6.45) is 0. The van der Waals surface area contributed by atoms with Crippen LogP contribution in [0.3, 0.4) is 0 Å². The highest BCUT2D eigenvalue weighted by Gasteiger charge is 2.18. The molecule has 2 rings (SSSR count). The molecule has 0 aliphatic carbocycles. The Balaban J connectivity index is 2.54. The molecule has 0 unspecified atom stereocenters. The van der Waals surface area contributed by atoms with E-state index >= 15 is 0 Å².